The second-order valence-electron chi connectivity index (χ2n) is 5.16. The lowest BCUT2D eigenvalue weighted by Crippen LogP contribution is -2.41. The topological polar surface area (TPSA) is 52.8 Å². The van der Waals surface area contributed by atoms with Crippen LogP contribution in [-0.2, 0) is 0 Å². The number of rotatable bonds is 2. The molecule has 4 nitrogen and oxygen atoms in total. The highest BCUT2D eigenvalue weighted by molar-refractivity contribution is 7.98. The molecular formula is C14H16N4S. The third-order valence-corrected chi connectivity index (χ3v) is 4.52. The molecule has 2 atom stereocenters. The van der Waals surface area contributed by atoms with Crippen molar-refractivity contribution >= 4 is 17.6 Å². The summed E-state index contributed by atoms with van der Waals surface area (Å²) in [6, 6.07) is 3.15. The second-order valence-corrected chi connectivity index (χ2v) is 5.93. The zero-order valence-electron chi connectivity index (χ0n) is 11.0. The number of nitriles is 1. The minimum atomic E-state index is 0.461. The highest BCUT2D eigenvalue weighted by atomic mass is 32.2. The zero-order chi connectivity index (χ0) is 13.4. The fraction of sp³-hybridized carbons (Fsp3) is 0.500. The molecule has 0 aliphatic carbocycles. The molecule has 0 N–H and O–H groups in total. The predicted molar refractivity (Wildman–Crippen MR) is 76.2 cm³/mol. The number of aromatic nitrogens is 2. The van der Waals surface area contributed by atoms with Crippen molar-refractivity contribution in [2.75, 3.05) is 11.2 Å². The summed E-state index contributed by atoms with van der Waals surface area (Å²) in [5, 5.41) is 10.0. The van der Waals surface area contributed by atoms with E-state index in [9.17, 15) is 5.26 Å². The largest absolute Gasteiger partial charge is 0.349 e. The molecule has 0 spiro atoms. The van der Waals surface area contributed by atoms with Crippen LogP contribution in [0.5, 0.6) is 0 Å². The molecule has 0 radical (unpaired) electrons. The van der Waals surface area contributed by atoms with Gasteiger partial charge in [-0.2, -0.15) is 5.26 Å². The number of hydrogen-bond donors (Lipinski definition) is 0. The lowest BCUT2D eigenvalue weighted by atomic mass is 9.98. The van der Waals surface area contributed by atoms with Crippen molar-refractivity contribution in [3.05, 3.63) is 23.9 Å². The summed E-state index contributed by atoms with van der Waals surface area (Å²) in [5.41, 5.74) is 1.92. The number of piperidine rings is 1. The Kier molecular flexibility index (Phi) is 3.19. The predicted octanol–water partition coefficient (Wildman–Crippen LogP) is 2.76. The maximum atomic E-state index is 9.28. The summed E-state index contributed by atoms with van der Waals surface area (Å²) in [4.78, 5) is 11.1. The van der Waals surface area contributed by atoms with Gasteiger partial charge in [0.2, 0.25) is 0 Å². The summed E-state index contributed by atoms with van der Waals surface area (Å²) in [6.07, 6.45) is 8.01. The van der Waals surface area contributed by atoms with Crippen molar-refractivity contribution < 1.29 is 0 Å². The van der Waals surface area contributed by atoms with Crippen molar-refractivity contribution in [1.82, 2.24) is 9.97 Å². The Labute approximate surface area is 117 Å². The van der Waals surface area contributed by atoms with E-state index in [0.717, 1.165) is 23.8 Å². The molecule has 1 aromatic heterocycles. The first-order valence-corrected chi connectivity index (χ1v) is 7.71. The molecule has 2 saturated heterocycles. The van der Waals surface area contributed by atoms with Gasteiger partial charge >= 0.3 is 0 Å². The van der Waals surface area contributed by atoms with Crippen LogP contribution in [0.15, 0.2) is 23.5 Å². The molecule has 2 aliphatic heterocycles. The quantitative estimate of drug-likeness (QED) is 0.471. The molecule has 2 aliphatic rings. The smallest absolute Gasteiger partial charge is 0.189 e. The number of anilines is 1. The molecule has 2 unspecified atom stereocenters. The number of fused-ring (bicyclic) bond motifs is 2. The van der Waals surface area contributed by atoms with Gasteiger partial charge < -0.3 is 4.90 Å². The number of hydrogen-bond acceptors (Lipinski definition) is 5. The van der Waals surface area contributed by atoms with Crippen LogP contribution in [0.3, 0.4) is 0 Å². The zero-order valence-corrected chi connectivity index (χ0v) is 11.8. The fourth-order valence-corrected chi connectivity index (χ4v) is 3.52. The van der Waals surface area contributed by atoms with Crippen molar-refractivity contribution in [2.24, 2.45) is 0 Å². The van der Waals surface area contributed by atoms with Gasteiger partial charge in [0.25, 0.3) is 0 Å². The molecule has 19 heavy (non-hydrogen) atoms. The van der Waals surface area contributed by atoms with Gasteiger partial charge in [0.05, 0.1) is 6.20 Å². The Balaban J connectivity index is 2.02. The average Bonchev–Trinajstić information content (AvgIpc) is 2.70. The SMILES string of the molecule is C=C1CC2CCC(C1)N2c1nc(SC)ncc1C#N. The summed E-state index contributed by atoms with van der Waals surface area (Å²) in [6.45, 7) is 4.13. The molecule has 2 bridgehead atoms. The Morgan fingerprint density at radius 1 is 1.42 bits per heavy atom. The van der Waals surface area contributed by atoms with Crippen molar-refractivity contribution in [3.63, 3.8) is 0 Å². The standard InChI is InChI=1S/C14H16N4S/c1-9-5-11-3-4-12(6-9)18(11)13-10(7-15)8-16-14(17-13)19-2/h8,11-12H,1,3-6H2,2H3. The van der Waals surface area contributed by atoms with Crippen LogP contribution in [-0.4, -0.2) is 28.3 Å². The van der Waals surface area contributed by atoms with E-state index < -0.39 is 0 Å². The summed E-state index contributed by atoms with van der Waals surface area (Å²) < 4.78 is 0. The minimum absolute atomic E-state index is 0.461. The van der Waals surface area contributed by atoms with E-state index in [1.165, 1.54) is 30.2 Å². The fourth-order valence-electron chi connectivity index (χ4n) is 3.19. The molecule has 3 rings (SSSR count). The second kappa shape index (κ2) is 4.86. The highest BCUT2D eigenvalue weighted by Gasteiger charge is 2.39. The maximum absolute atomic E-state index is 9.28. The van der Waals surface area contributed by atoms with E-state index in [1.54, 1.807) is 6.20 Å². The number of nitrogens with zero attached hydrogens (tertiary/aromatic N) is 4. The van der Waals surface area contributed by atoms with Crippen LogP contribution in [0.4, 0.5) is 5.82 Å². The molecule has 0 aromatic carbocycles. The Hall–Kier alpha value is -1.54. The third-order valence-electron chi connectivity index (χ3n) is 3.96. The van der Waals surface area contributed by atoms with Gasteiger partial charge in [-0.25, -0.2) is 9.97 Å². The van der Waals surface area contributed by atoms with Crippen molar-refractivity contribution in [1.29, 1.82) is 5.26 Å². The van der Waals surface area contributed by atoms with Gasteiger partial charge in [-0.05, 0) is 31.9 Å². The summed E-state index contributed by atoms with van der Waals surface area (Å²) in [7, 11) is 0. The molecule has 3 heterocycles. The first-order valence-electron chi connectivity index (χ1n) is 6.49. The van der Waals surface area contributed by atoms with Crippen molar-refractivity contribution in [2.45, 2.75) is 42.9 Å². The molecular weight excluding hydrogens is 256 g/mol. The molecule has 1 aromatic rings. The van der Waals surface area contributed by atoms with Crippen LogP contribution in [0.1, 0.15) is 31.2 Å². The lowest BCUT2D eigenvalue weighted by molar-refractivity contribution is 0.542. The first kappa shape index (κ1) is 12.5. The van der Waals surface area contributed by atoms with Gasteiger partial charge in [-0.15, -0.1) is 0 Å². The maximum Gasteiger partial charge on any atom is 0.189 e. The number of thioether (sulfide) groups is 1. The van der Waals surface area contributed by atoms with Crippen LogP contribution in [0.2, 0.25) is 0 Å². The van der Waals surface area contributed by atoms with Crippen LogP contribution in [0, 0.1) is 11.3 Å². The van der Waals surface area contributed by atoms with Gasteiger partial charge in [-0.3, -0.25) is 0 Å². The molecule has 2 fully saturated rings. The molecule has 0 amide bonds. The van der Waals surface area contributed by atoms with E-state index in [0.29, 0.717) is 17.6 Å². The molecule has 98 valence electrons. The van der Waals surface area contributed by atoms with Crippen molar-refractivity contribution in [3.8, 4) is 6.07 Å². The monoisotopic (exact) mass is 272 g/mol. The minimum Gasteiger partial charge on any atom is -0.349 e. The van der Waals surface area contributed by atoms with Gasteiger partial charge in [0, 0.05) is 12.1 Å². The summed E-state index contributed by atoms with van der Waals surface area (Å²) >= 11 is 1.51. The summed E-state index contributed by atoms with van der Waals surface area (Å²) in [5.74, 6) is 0.821. The first-order chi connectivity index (χ1) is 9.22. The van der Waals surface area contributed by atoms with Crippen LogP contribution in [0.25, 0.3) is 0 Å². The van der Waals surface area contributed by atoms with E-state index in [4.69, 9.17) is 0 Å². The molecule has 0 saturated carbocycles. The van der Waals surface area contributed by atoms with E-state index >= 15 is 0 Å². The Morgan fingerprint density at radius 3 is 2.68 bits per heavy atom. The van der Waals surface area contributed by atoms with Gasteiger partial charge in [0.15, 0.2) is 11.0 Å². The normalized spacial score (nSPS) is 25.5. The third kappa shape index (κ3) is 2.10. The lowest BCUT2D eigenvalue weighted by Gasteiger charge is -2.37. The van der Waals surface area contributed by atoms with E-state index in [1.807, 2.05) is 6.26 Å². The Bertz CT molecular complexity index is 547. The van der Waals surface area contributed by atoms with E-state index in [-0.39, 0.29) is 0 Å². The average molecular weight is 272 g/mol. The van der Waals surface area contributed by atoms with Crippen LogP contribution >= 0.6 is 11.8 Å². The van der Waals surface area contributed by atoms with E-state index in [2.05, 4.69) is 27.5 Å². The van der Waals surface area contributed by atoms with Gasteiger partial charge in [0.1, 0.15) is 11.6 Å². The van der Waals surface area contributed by atoms with Crippen LogP contribution < -0.4 is 4.90 Å². The molecule has 5 heteroatoms. The Morgan fingerprint density at radius 2 is 2.11 bits per heavy atom. The van der Waals surface area contributed by atoms with Gasteiger partial charge in [-0.1, -0.05) is 23.9 Å². The highest BCUT2D eigenvalue weighted by Crippen LogP contribution is 2.41.